The molecule has 7 heteroatoms. The Labute approximate surface area is 158 Å². The van der Waals surface area contributed by atoms with Crippen molar-refractivity contribution >= 4 is 29.9 Å². The number of nitrogens with zero attached hydrogens (tertiary/aromatic N) is 2. The molecule has 2 unspecified atom stereocenters. The Morgan fingerprint density at radius 2 is 2.13 bits per heavy atom. The van der Waals surface area contributed by atoms with Crippen LogP contribution >= 0.6 is 24.0 Å². The molecule has 0 aromatic carbocycles. The van der Waals surface area contributed by atoms with Gasteiger partial charge in [0.05, 0.1) is 25.4 Å². The van der Waals surface area contributed by atoms with Crippen molar-refractivity contribution in [1.29, 1.82) is 0 Å². The van der Waals surface area contributed by atoms with Gasteiger partial charge in [0.15, 0.2) is 5.96 Å². The second-order valence-electron chi connectivity index (χ2n) is 6.55. The monoisotopic (exact) mass is 442 g/mol. The molecular formula is C16H35IN4O2. The Hall–Kier alpha value is -0.120. The van der Waals surface area contributed by atoms with Crippen LogP contribution in [-0.4, -0.2) is 75.0 Å². The Balaban J connectivity index is 0.00000484. The number of rotatable bonds is 7. The van der Waals surface area contributed by atoms with E-state index in [0.717, 1.165) is 38.8 Å². The van der Waals surface area contributed by atoms with Crippen LogP contribution in [0.1, 0.15) is 34.6 Å². The number of hydrogen-bond donors (Lipinski definition) is 2. The highest BCUT2D eigenvalue weighted by atomic mass is 127. The highest BCUT2D eigenvalue weighted by Crippen LogP contribution is 2.10. The van der Waals surface area contributed by atoms with Crippen molar-refractivity contribution in [3.8, 4) is 0 Å². The van der Waals surface area contributed by atoms with Crippen molar-refractivity contribution in [2.45, 2.75) is 52.3 Å². The van der Waals surface area contributed by atoms with Gasteiger partial charge in [0.1, 0.15) is 0 Å². The van der Waals surface area contributed by atoms with Gasteiger partial charge >= 0.3 is 0 Å². The average molecular weight is 442 g/mol. The molecule has 0 bridgehead atoms. The van der Waals surface area contributed by atoms with Crippen LogP contribution in [0.2, 0.25) is 0 Å². The van der Waals surface area contributed by atoms with Gasteiger partial charge in [-0.3, -0.25) is 9.89 Å². The number of nitrogens with one attached hydrogen (secondary N) is 2. The summed E-state index contributed by atoms with van der Waals surface area (Å²) < 4.78 is 10.9. The second-order valence-corrected chi connectivity index (χ2v) is 6.55. The van der Waals surface area contributed by atoms with E-state index >= 15 is 0 Å². The van der Waals surface area contributed by atoms with Crippen LogP contribution in [0.25, 0.3) is 0 Å². The first-order valence-corrected chi connectivity index (χ1v) is 8.30. The maximum absolute atomic E-state index is 5.50. The molecule has 23 heavy (non-hydrogen) atoms. The predicted molar refractivity (Wildman–Crippen MR) is 107 cm³/mol. The van der Waals surface area contributed by atoms with Crippen molar-refractivity contribution < 1.29 is 9.47 Å². The van der Waals surface area contributed by atoms with E-state index in [4.69, 9.17) is 9.47 Å². The molecule has 0 aromatic heterocycles. The van der Waals surface area contributed by atoms with Gasteiger partial charge in [0.2, 0.25) is 0 Å². The first-order valence-electron chi connectivity index (χ1n) is 8.30. The molecule has 1 saturated heterocycles. The quantitative estimate of drug-likeness (QED) is 0.357. The lowest BCUT2D eigenvalue weighted by molar-refractivity contribution is -0.0174. The first-order chi connectivity index (χ1) is 10.4. The molecule has 2 N–H and O–H groups in total. The summed E-state index contributed by atoms with van der Waals surface area (Å²) in [4.78, 5) is 7.10. The zero-order valence-electron chi connectivity index (χ0n) is 15.5. The third-order valence-electron chi connectivity index (χ3n) is 4.06. The van der Waals surface area contributed by atoms with Crippen LogP contribution in [0.3, 0.4) is 0 Å². The number of ether oxygens (including phenoxy) is 2. The van der Waals surface area contributed by atoms with Crippen molar-refractivity contribution in [3.05, 3.63) is 0 Å². The third-order valence-corrected chi connectivity index (χ3v) is 4.06. The Morgan fingerprint density at radius 1 is 1.43 bits per heavy atom. The van der Waals surface area contributed by atoms with E-state index in [-0.39, 0.29) is 29.6 Å². The Kier molecular flexibility index (Phi) is 11.4. The summed E-state index contributed by atoms with van der Waals surface area (Å²) in [7, 11) is 1.72. The van der Waals surface area contributed by atoms with Crippen molar-refractivity contribution in [3.63, 3.8) is 0 Å². The lowest BCUT2D eigenvalue weighted by Gasteiger charge is -2.38. The van der Waals surface area contributed by atoms with Gasteiger partial charge in [-0.15, -0.1) is 24.0 Å². The SMILES string of the molecule is CCNC(=NCC(C)(C)OC)NCC(C)N1CCOCC1C.I. The molecule has 6 nitrogen and oxygen atoms in total. The van der Waals surface area contributed by atoms with E-state index in [2.05, 4.69) is 41.3 Å². The van der Waals surface area contributed by atoms with Gasteiger partial charge in [-0.25, -0.2) is 0 Å². The van der Waals surface area contributed by atoms with Gasteiger partial charge < -0.3 is 20.1 Å². The standard InChI is InChI=1S/C16H34N4O2.HI/c1-7-17-15(19-12-16(4,5)21-6)18-10-13(2)20-8-9-22-11-14(20)3;/h13-14H,7-12H2,1-6H3,(H2,17,18,19);1H. The van der Waals surface area contributed by atoms with E-state index in [0.29, 0.717) is 18.6 Å². The minimum atomic E-state index is -0.243. The zero-order chi connectivity index (χ0) is 16.6. The topological polar surface area (TPSA) is 58.1 Å². The van der Waals surface area contributed by atoms with Gasteiger partial charge in [-0.05, 0) is 34.6 Å². The number of guanidine groups is 1. The maximum atomic E-state index is 5.50. The van der Waals surface area contributed by atoms with Crippen molar-refractivity contribution in [2.24, 2.45) is 4.99 Å². The molecule has 0 amide bonds. The minimum Gasteiger partial charge on any atom is -0.379 e. The van der Waals surface area contributed by atoms with Gasteiger partial charge in [0.25, 0.3) is 0 Å². The Morgan fingerprint density at radius 3 is 2.70 bits per heavy atom. The molecule has 0 radical (unpaired) electrons. The van der Waals surface area contributed by atoms with Crippen LogP contribution in [0, 0.1) is 0 Å². The van der Waals surface area contributed by atoms with Gasteiger partial charge in [0, 0.05) is 38.8 Å². The fourth-order valence-electron chi connectivity index (χ4n) is 2.43. The lowest BCUT2D eigenvalue weighted by atomic mass is 10.1. The Bertz CT molecular complexity index is 353. The molecule has 1 aliphatic rings. The summed E-state index contributed by atoms with van der Waals surface area (Å²) >= 11 is 0. The van der Waals surface area contributed by atoms with E-state index in [1.165, 1.54) is 0 Å². The minimum absolute atomic E-state index is 0. The van der Waals surface area contributed by atoms with Gasteiger partial charge in [-0.1, -0.05) is 0 Å². The highest BCUT2D eigenvalue weighted by molar-refractivity contribution is 14.0. The average Bonchev–Trinajstić information content (AvgIpc) is 2.50. The molecule has 1 aliphatic heterocycles. The summed E-state index contributed by atoms with van der Waals surface area (Å²) in [5, 5.41) is 6.72. The molecule has 0 saturated carbocycles. The fraction of sp³-hybridized carbons (Fsp3) is 0.938. The van der Waals surface area contributed by atoms with Crippen LogP contribution in [0.5, 0.6) is 0 Å². The summed E-state index contributed by atoms with van der Waals surface area (Å²) in [6.45, 7) is 15.6. The van der Waals surface area contributed by atoms with Crippen molar-refractivity contribution in [1.82, 2.24) is 15.5 Å². The van der Waals surface area contributed by atoms with E-state index in [9.17, 15) is 0 Å². The predicted octanol–water partition coefficient (Wildman–Crippen LogP) is 1.69. The largest absolute Gasteiger partial charge is 0.379 e. The molecule has 1 heterocycles. The molecule has 0 aromatic rings. The smallest absolute Gasteiger partial charge is 0.191 e. The van der Waals surface area contributed by atoms with Crippen LogP contribution in [0.4, 0.5) is 0 Å². The van der Waals surface area contributed by atoms with Crippen LogP contribution < -0.4 is 10.6 Å². The molecule has 0 spiro atoms. The summed E-state index contributed by atoms with van der Waals surface area (Å²) in [6.07, 6.45) is 0. The summed E-state index contributed by atoms with van der Waals surface area (Å²) in [5.74, 6) is 0.848. The van der Waals surface area contributed by atoms with Crippen LogP contribution in [0.15, 0.2) is 4.99 Å². The number of morpholine rings is 1. The van der Waals surface area contributed by atoms with Crippen LogP contribution in [-0.2, 0) is 9.47 Å². The zero-order valence-corrected chi connectivity index (χ0v) is 17.8. The molecular weight excluding hydrogens is 407 g/mol. The fourth-order valence-corrected chi connectivity index (χ4v) is 2.43. The number of methoxy groups -OCH3 is 1. The van der Waals surface area contributed by atoms with E-state index < -0.39 is 0 Å². The number of hydrogen-bond acceptors (Lipinski definition) is 4. The van der Waals surface area contributed by atoms with E-state index in [1.54, 1.807) is 7.11 Å². The molecule has 2 atom stereocenters. The first kappa shape index (κ1) is 22.9. The van der Waals surface area contributed by atoms with Crippen molar-refractivity contribution in [2.75, 3.05) is 46.5 Å². The maximum Gasteiger partial charge on any atom is 0.191 e. The lowest BCUT2D eigenvalue weighted by Crippen LogP contribution is -2.53. The third kappa shape index (κ3) is 8.51. The summed E-state index contributed by atoms with van der Waals surface area (Å²) in [6, 6.07) is 0.913. The highest BCUT2D eigenvalue weighted by Gasteiger charge is 2.23. The van der Waals surface area contributed by atoms with E-state index in [1.807, 2.05) is 13.8 Å². The summed E-state index contributed by atoms with van der Waals surface area (Å²) in [5.41, 5.74) is -0.243. The normalized spacial score (nSPS) is 21.5. The second kappa shape index (κ2) is 11.4. The number of aliphatic imine (C=N–C) groups is 1. The molecule has 1 fully saturated rings. The molecule has 138 valence electrons. The number of halogens is 1. The molecule has 1 rings (SSSR count). The van der Waals surface area contributed by atoms with Gasteiger partial charge in [-0.2, -0.15) is 0 Å². The molecule has 0 aliphatic carbocycles.